The predicted octanol–water partition coefficient (Wildman–Crippen LogP) is 0.980. The first kappa shape index (κ1) is 9.51. The predicted molar refractivity (Wildman–Crippen MR) is 48.3 cm³/mol. The van der Waals surface area contributed by atoms with Crippen LogP contribution in [0, 0.1) is 0 Å². The smallest absolute Gasteiger partial charge is 0.406 e. The number of hydrogen-bond acceptors (Lipinski definition) is 3. The fourth-order valence-electron chi connectivity index (χ4n) is 0.927. The van der Waals surface area contributed by atoms with Crippen LogP contribution in [0.5, 0.6) is 0 Å². The van der Waals surface area contributed by atoms with Crippen molar-refractivity contribution in [2.24, 2.45) is 0 Å². The zero-order valence-corrected chi connectivity index (χ0v) is 7.49. The Labute approximate surface area is 76.9 Å². The highest BCUT2D eigenvalue weighted by molar-refractivity contribution is 5.66. The van der Waals surface area contributed by atoms with Crippen molar-refractivity contribution < 1.29 is 9.53 Å². The van der Waals surface area contributed by atoms with Gasteiger partial charge in [0.25, 0.3) is 0 Å². The molecule has 1 heterocycles. The molecule has 1 rings (SSSR count). The van der Waals surface area contributed by atoms with Crippen LogP contribution >= 0.6 is 0 Å². The van der Waals surface area contributed by atoms with Crippen molar-refractivity contribution in [2.45, 2.75) is 6.42 Å². The van der Waals surface area contributed by atoms with Gasteiger partial charge in [0, 0.05) is 18.9 Å². The minimum Gasteiger partial charge on any atom is -0.453 e. The van der Waals surface area contributed by atoms with Crippen molar-refractivity contribution in [3.63, 3.8) is 0 Å². The largest absolute Gasteiger partial charge is 0.453 e. The molecule has 0 aliphatic heterocycles. The lowest BCUT2D eigenvalue weighted by molar-refractivity contribution is 0.171. The molecule has 70 valence electrons. The standard InChI is InChI=1S/C9H12N2O2/c1-13-9(12)11-6-4-8-3-2-5-10-7-8/h2-3,5,7H,4,6H2,1H3,(H,11,12). The number of amides is 1. The van der Waals surface area contributed by atoms with Gasteiger partial charge < -0.3 is 10.1 Å². The van der Waals surface area contributed by atoms with Gasteiger partial charge in [0.15, 0.2) is 0 Å². The van der Waals surface area contributed by atoms with Crippen LogP contribution in [-0.4, -0.2) is 24.7 Å². The fourth-order valence-corrected chi connectivity index (χ4v) is 0.927. The van der Waals surface area contributed by atoms with E-state index in [1.54, 1.807) is 12.4 Å². The van der Waals surface area contributed by atoms with Crippen LogP contribution in [0.1, 0.15) is 5.56 Å². The van der Waals surface area contributed by atoms with E-state index < -0.39 is 6.09 Å². The highest BCUT2D eigenvalue weighted by Gasteiger charge is 1.97. The minimum atomic E-state index is -0.399. The Morgan fingerprint density at radius 1 is 1.69 bits per heavy atom. The van der Waals surface area contributed by atoms with E-state index in [2.05, 4.69) is 15.0 Å². The van der Waals surface area contributed by atoms with Crippen molar-refractivity contribution in [2.75, 3.05) is 13.7 Å². The van der Waals surface area contributed by atoms with E-state index in [-0.39, 0.29) is 0 Å². The first-order valence-electron chi connectivity index (χ1n) is 4.03. The Balaban J connectivity index is 2.24. The number of carbonyl (C=O) groups excluding carboxylic acids is 1. The normalized spacial score (nSPS) is 9.31. The van der Waals surface area contributed by atoms with Crippen molar-refractivity contribution in [1.82, 2.24) is 10.3 Å². The number of pyridine rings is 1. The lowest BCUT2D eigenvalue weighted by Crippen LogP contribution is -2.25. The molecule has 0 aliphatic rings. The maximum absolute atomic E-state index is 10.7. The van der Waals surface area contributed by atoms with Gasteiger partial charge in [-0.2, -0.15) is 0 Å². The number of hydrogen-bond donors (Lipinski definition) is 1. The quantitative estimate of drug-likeness (QED) is 0.754. The first-order valence-corrected chi connectivity index (χ1v) is 4.03. The molecule has 0 aromatic carbocycles. The van der Waals surface area contributed by atoms with Gasteiger partial charge in [-0.25, -0.2) is 4.79 Å². The van der Waals surface area contributed by atoms with Gasteiger partial charge in [-0.3, -0.25) is 4.98 Å². The van der Waals surface area contributed by atoms with E-state index in [9.17, 15) is 4.79 Å². The summed E-state index contributed by atoms with van der Waals surface area (Å²) < 4.78 is 4.42. The van der Waals surface area contributed by atoms with Crippen LogP contribution < -0.4 is 5.32 Å². The van der Waals surface area contributed by atoms with E-state index in [0.29, 0.717) is 6.54 Å². The van der Waals surface area contributed by atoms with Gasteiger partial charge in [0.2, 0.25) is 0 Å². The fraction of sp³-hybridized carbons (Fsp3) is 0.333. The summed E-state index contributed by atoms with van der Waals surface area (Å²) in [5.41, 5.74) is 1.10. The molecule has 4 heteroatoms. The summed E-state index contributed by atoms with van der Waals surface area (Å²) >= 11 is 0. The molecular formula is C9H12N2O2. The number of alkyl carbamates (subject to hydrolysis) is 1. The Morgan fingerprint density at radius 3 is 3.15 bits per heavy atom. The topological polar surface area (TPSA) is 51.2 Å². The van der Waals surface area contributed by atoms with E-state index in [1.165, 1.54) is 7.11 Å². The van der Waals surface area contributed by atoms with Crippen molar-refractivity contribution >= 4 is 6.09 Å². The second-order valence-electron chi connectivity index (χ2n) is 2.53. The molecular weight excluding hydrogens is 168 g/mol. The van der Waals surface area contributed by atoms with Crippen LogP contribution in [0.3, 0.4) is 0 Å². The third-order valence-corrected chi connectivity index (χ3v) is 1.59. The summed E-state index contributed by atoms with van der Waals surface area (Å²) in [4.78, 5) is 14.6. The van der Waals surface area contributed by atoms with Crippen LogP contribution in [-0.2, 0) is 11.2 Å². The zero-order chi connectivity index (χ0) is 9.52. The number of methoxy groups -OCH3 is 1. The Kier molecular flexibility index (Phi) is 3.75. The molecule has 13 heavy (non-hydrogen) atoms. The first-order chi connectivity index (χ1) is 6.33. The highest BCUT2D eigenvalue weighted by Crippen LogP contribution is 1.95. The van der Waals surface area contributed by atoms with E-state index in [0.717, 1.165) is 12.0 Å². The zero-order valence-electron chi connectivity index (χ0n) is 7.49. The summed E-state index contributed by atoms with van der Waals surface area (Å²) in [5.74, 6) is 0. The molecule has 0 saturated heterocycles. The number of rotatable bonds is 3. The molecule has 0 aliphatic carbocycles. The number of nitrogens with one attached hydrogen (secondary N) is 1. The molecule has 1 aromatic heterocycles. The van der Waals surface area contributed by atoms with Crippen LogP contribution in [0.4, 0.5) is 4.79 Å². The third-order valence-electron chi connectivity index (χ3n) is 1.59. The van der Waals surface area contributed by atoms with Crippen molar-refractivity contribution in [1.29, 1.82) is 0 Å². The van der Waals surface area contributed by atoms with Crippen LogP contribution in [0.25, 0.3) is 0 Å². The van der Waals surface area contributed by atoms with E-state index >= 15 is 0 Å². The molecule has 0 atom stereocenters. The summed E-state index contributed by atoms with van der Waals surface area (Å²) in [7, 11) is 1.35. The Morgan fingerprint density at radius 2 is 2.54 bits per heavy atom. The monoisotopic (exact) mass is 180 g/mol. The Bertz CT molecular complexity index is 262. The lowest BCUT2D eigenvalue weighted by atomic mass is 10.2. The SMILES string of the molecule is COC(=O)NCCc1cccnc1. The van der Waals surface area contributed by atoms with E-state index in [1.807, 2.05) is 12.1 Å². The summed E-state index contributed by atoms with van der Waals surface area (Å²) in [6.07, 6.45) is 3.86. The maximum atomic E-state index is 10.7. The minimum absolute atomic E-state index is 0.399. The maximum Gasteiger partial charge on any atom is 0.406 e. The van der Waals surface area contributed by atoms with Gasteiger partial charge in [0.1, 0.15) is 0 Å². The molecule has 1 amide bonds. The number of ether oxygens (including phenoxy) is 1. The third kappa shape index (κ3) is 3.55. The van der Waals surface area contributed by atoms with Gasteiger partial charge >= 0.3 is 6.09 Å². The Hall–Kier alpha value is -1.58. The van der Waals surface area contributed by atoms with Crippen LogP contribution in [0.2, 0.25) is 0 Å². The van der Waals surface area contributed by atoms with Crippen molar-refractivity contribution in [3.05, 3.63) is 30.1 Å². The number of aromatic nitrogens is 1. The summed E-state index contributed by atoms with van der Waals surface area (Å²) in [6.45, 7) is 0.568. The molecule has 0 unspecified atom stereocenters. The summed E-state index contributed by atoms with van der Waals surface area (Å²) in [5, 5.41) is 2.59. The van der Waals surface area contributed by atoms with Gasteiger partial charge in [-0.15, -0.1) is 0 Å². The average molecular weight is 180 g/mol. The molecule has 0 saturated carbocycles. The molecule has 0 fully saturated rings. The lowest BCUT2D eigenvalue weighted by Gasteiger charge is -2.02. The van der Waals surface area contributed by atoms with E-state index in [4.69, 9.17) is 0 Å². The molecule has 1 aromatic rings. The number of nitrogens with zero attached hydrogens (tertiary/aromatic N) is 1. The highest BCUT2D eigenvalue weighted by atomic mass is 16.5. The molecule has 1 N–H and O–H groups in total. The molecule has 0 bridgehead atoms. The van der Waals surface area contributed by atoms with Gasteiger partial charge in [-0.05, 0) is 18.1 Å². The summed E-state index contributed by atoms with van der Waals surface area (Å²) in [6, 6.07) is 3.83. The number of carbonyl (C=O) groups is 1. The average Bonchev–Trinajstić information content (AvgIpc) is 2.19. The van der Waals surface area contributed by atoms with Crippen molar-refractivity contribution in [3.8, 4) is 0 Å². The second kappa shape index (κ2) is 5.13. The molecule has 0 spiro atoms. The van der Waals surface area contributed by atoms with Crippen LogP contribution in [0.15, 0.2) is 24.5 Å². The van der Waals surface area contributed by atoms with Gasteiger partial charge in [-0.1, -0.05) is 6.07 Å². The second-order valence-corrected chi connectivity index (χ2v) is 2.53. The van der Waals surface area contributed by atoms with Gasteiger partial charge in [0.05, 0.1) is 7.11 Å². The molecule has 4 nitrogen and oxygen atoms in total. The molecule has 0 radical (unpaired) electrons.